The molecule has 7 nitrogen and oxygen atoms in total. The lowest BCUT2D eigenvalue weighted by Crippen LogP contribution is -2.21. The number of primary amides is 1. The molecule has 0 saturated heterocycles. The zero-order chi connectivity index (χ0) is 30.1. The Morgan fingerprint density at radius 2 is 1.76 bits per heavy atom. The number of halogens is 3. The summed E-state index contributed by atoms with van der Waals surface area (Å²) >= 11 is 0. The molecule has 1 aromatic heterocycles. The number of fused-ring (bicyclic) bond motifs is 1. The van der Waals surface area contributed by atoms with Crippen molar-refractivity contribution in [2.45, 2.75) is 52.8 Å². The molecule has 4 rings (SSSR count). The van der Waals surface area contributed by atoms with Crippen LogP contribution >= 0.6 is 0 Å². The third-order valence-electron chi connectivity index (χ3n) is 6.94. The van der Waals surface area contributed by atoms with Crippen LogP contribution in [-0.4, -0.2) is 28.8 Å². The van der Waals surface area contributed by atoms with Crippen LogP contribution in [0.2, 0.25) is 0 Å². The summed E-state index contributed by atoms with van der Waals surface area (Å²) in [5.41, 5.74) is 8.28. The SMILES string of the molecule is CCC(=O)Oc1ccc([C@@H](CC(C)C)n2ncc3c(OC)c(-c4ccc(C(F)(F)F)cc4C)ccc32)c(C(N)=O)c1. The van der Waals surface area contributed by atoms with E-state index in [1.54, 1.807) is 42.9 Å². The third kappa shape index (κ3) is 6.06. The van der Waals surface area contributed by atoms with Crippen molar-refractivity contribution in [1.29, 1.82) is 0 Å². The van der Waals surface area contributed by atoms with Crippen molar-refractivity contribution < 1.29 is 32.2 Å². The first-order valence-corrected chi connectivity index (χ1v) is 13.2. The first-order valence-electron chi connectivity index (χ1n) is 13.2. The summed E-state index contributed by atoms with van der Waals surface area (Å²) in [6, 6.07) is 11.7. The minimum absolute atomic E-state index is 0.179. The average molecular weight is 568 g/mol. The fourth-order valence-electron chi connectivity index (χ4n) is 5.03. The highest BCUT2D eigenvalue weighted by Gasteiger charge is 2.31. The highest BCUT2D eigenvalue weighted by molar-refractivity contribution is 5.96. The Balaban J connectivity index is 1.86. The molecular weight excluding hydrogens is 535 g/mol. The highest BCUT2D eigenvalue weighted by atomic mass is 19.4. The molecule has 4 aromatic rings. The van der Waals surface area contributed by atoms with Crippen LogP contribution < -0.4 is 15.2 Å². The molecule has 0 bridgehead atoms. The van der Waals surface area contributed by atoms with Crippen molar-refractivity contribution >= 4 is 22.8 Å². The molecule has 3 aromatic carbocycles. The first-order chi connectivity index (χ1) is 19.3. The van der Waals surface area contributed by atoms with Crippen LogP contribution in [0.4, 0.5) is 13.2 Å². The summed E-state index contributed by atoms with van der Waals surface area (Å²) in [5.74, 6) is -0.208. The number of hydrogen-bond donors (Lipinski definition) is 1. The zero-order valence-corrected chi connectivity index (χ0v) is 23.5. The van der Waals surface area contributed by atoms with Gasteiger partial charge in [0.15, 0.2) is 0 Å². The normalized spacial score (nSPS) is 12.5. The van der Waals surface area contributed by atoms with Gasteiger partial charge in [0.05, 0.1) is 35.8 Å². The Labute approximate surface area is 236 Å². The van der Waals surface area contributed by atoms with Crippen molar-refractivity contribution in [2.24, 2.45) is 11.7 Å². The van der Waals surface area contributed by atoms with E-state index in [4.69, 9.17) is 15.2 Å². The van der Waals surface area contributed by atoms with Crippen molar-refractivity contribution in [3.05, 3.63) is 77.0 Å². The van der Waals surface area contributed by atoms with Crippen LogP contribution in [0, 0.1) is 12.8 Å². The molecule has 0 unspecified atom stereocenters. The molecule has 41 heavy (non-hydrogen) atoms. The maximum Gasteiger partial charge on any atom is 0.416 e. The van der Waals surface area contributed by atoms with E-state index >= 15 is 0 Å². The summed E-state index contributed by atoms with van der Waals surface area (Å²) in [6.07, 6.45) is -2.01. The number of aryl methyl sites for hydroxylation is 1. The summed E-state index contributed by atoms with van der Waals surface area (Å²) in [7, 11) is 1.50. The Morgan fingerprint density at radius 1 is 1.05 bits per heavy atom. The van der Waals surface area contributed by atoms with E-state index in [0.29, 0.717) is 45.3 Å². The fourth-order valence-corrected chi connectivity index (χ4v) is 5.03. The average Bonchev–Trinajstić information content (AvgIpc) is 3.34. The molecule has 0 spiro atoms. The molecule has 1 heterocycles. The quantitative estimate of drug-likeness (QED) is 0.172. The molecule has 0 aliphatic rings. The van der Waals surface area contributed by atoms with E-state index in [0.717, 1.165) is 12.1 Å². The molecule has 0 aliphatic heterocycles. The number of ether oxygens (including phenoxy) is 2. The molecule has 1 atom stereocenters. The third-order valence-corrected chi connectivity index (χ3v) is 6.94. The molecule has 0 fully saturated rings. The predicted octanol–water partition coefficient (Wildman–Crippen LogP) is 7.09. The van der Waals surface area contributed by atoms with Gasteiger partial charge in [0.1, 0.15) is 11.5 Å². The van der Waals surface area contributed by atoms with Crippen molar-refractivity contribution in [2.75, 3.05) is 7.11 Å². The van der Waals surface area contributed by atoms with Gasteiger partial charge in [-0.3, -0.25) is 14.3 Å². The number of esters is 1. The van der Waals surface area contributed by atoms with Crippen LogP contribution in [0.25, 0.3) is 22.0 Å². The van der Waals surface area contributed by atoms with Crippen LogP contribution in [0.3, 0.4) is 0 Å². The van der Waals surface area contributed by atoms with E-state index in [-0.39, 0.29) is 23.7 Å². The second kappa shape index (κ2) is 11.6. The number of benzene rings is 3. The van der Waals surface area contributed by atoms with E-state index in [1.165, 1.54) is 19.2 Å². The van der Waals surface area contributed by atoms with Gasteiger partial charge in [0, 0.05) is 17.5 Å². The summed E-state index contributed by atoms with van der Waals surface area (Å²) < 4.78 is 52.6. The highest BCUT2D eigenvalue weighted by Crippen LogP contribution is 2.42. The van der Waals surface area contributed by atoms with Gasteiger partial charge >= 0.3 is 12.1 Å². The van der Waals surface area contributed by atoms with Crippen LogP contribution in [0.1, 0.15) is 66.7 Å². The summed E-state index contributed by atoms with van der Waals surface area (Å²) in [6.45, 7) is 7.40. The van der Waals surface area contributed by atoms with Crippen LogP contribution in [-0.2, 0) is 11.0 Å². The van der Waals surface area contributed by atoms with Crippen LogP contribution in [0.15, 0.2) is 54.7 Å². The molecule has 1 amide bonds. The van der Waals surface area contributed by atoms with E-state index in [1.807, 2.05) is 19.9 Å². The monoisotopic (exact) mass is 567 g/mol. The number of hydrogen-bond acceptors (Lipinski definition) is 5. The number of alkyl halides is 3. The number of amides is 1. The minimum Gasteiger partial charge on any atom is -0.495 e. The minimum atomic E-state index is -4.44. The molecular formula is C31H32F3N3O4. The molecule has 0 aliphatic carbocycles. The smallest absolute Gasteiger partial charge is 0.416 e. The number of carbonyl (C=O) groups excluding carboxylic acids is 2. The topological polar surface area (TPSA) is 96.4 Å². The lowest BCUT2D eigenvalue weighted by Gasteiger charge is -2.24. The van der Waals surface area contributed by atoms with Gasteiger partial charge in [-0.2, -0.15) is 18.3 Å². The van der Waals surface area contributed by atoms with E-state index in [9.17, 15) is 22.8 Å². The van der Waals surface area contributed by atoms with E-state index in [2.05, 4.69) is 5.10 Å². The number of carbonyl (C=O) groups is 2. The van der Waals surface area contributed by atoms with Crippen molar-refractivity contribution in [3.8, 4) is 22.6 Å². The Kier molecular flexibility index (Phi) is 8.42. The molecule has 0 saturated carbocycles. The Morgan fingerprint density at radius 3 is 2.34 bits per heavy atom. The van der Waals surface area contributed by atoms with Crippen molar-refractivity contribution in [1.82, 2.24) is 9.78 Å². The lowest BCUT2D eigenvalue weighted by molar-refractivity contribution is -0.137. The molecule has 2 N–H and O–H groups in total. The second-order valence-corrected chi connectivity index (χ2v) is 10.3. The molecule has 216 valence electrons. The van der Waals surface area contributed by atoms with Gasteiger partial charge < -0.3 is 15.2 Å². The number of nitrogens with zero attached hydrogens (tertiary/aromatic N) is 2. The van der Waals surface area contributed by atoms with Gasteiger partial charge in [0.25, 0.3) is 0 Å². The maximum atomic E-state index is 13.3. The summed E-state index contributed by atoms with van der Waals surface area (Å²) in [5, 5.41) is 5.33. The summed E-state index contributed by atoms with van der Waals surface area (Å²) in [4.78, 5) is 24.4. The van der Waals surface area contributed by atoms with Crippen LogP contribution in [0.5, 0.6) is 11.5 Å². The number of nitrogens with two attached hydrogens (primary N) is 1. The predicted molar refractivity (Wildman–Crippen MR) is 150 cm³/mol. The standard InChI is InChI=1S/C31H32F3N3O4/c1-6-28(38)41-20-8-10-22(24(15-20)30(35)39)27(13-17(2)3)37-26-12-11-23(29(40-5)25(26)16-36-37)21-9-7-19(14-18(21)4)31(32,33)34/h7-12,14-17,27H,6,13H2,1-5H3,(H2,35,39)/t27-/m1/s1. The Hall–Kier alpha value is -4.34. The fraction of sp³-hybridized carbons (Fsp3) is 0.323. The number of aromatic nitrogens is 2. The maximum absolute atomic E-state index is 13.3. The van der Waals surface area contributed by atoms with Crippen molar-refractivity contribution in [3.63, 3.8) is 0 Å². The van der Waals surface area contributed by atoms with Gasteiger partial charge in [-0.25, -0.2) is 0 Å². The zero-order valence-electron chi connectivity index (χ0n) is 23.5. The molecule has 0 radical (unpaired) electrons. The van der Waals surface area contributed by atoms with Gasteiger partial charge in [-0.1, -0.05) is 32.9 Å². The number of rotatable bonds is 9. The second-order valence-electron chi connectivity index (χ2n) is 10.3. The van der Waals surface area contributed by atoms with Gasteiger partial charge in [0.2, 0.25) is 5.91 Å². The Bertz CT molecular complexity index is 1610. The largest absolute Gasteiger partial charge is 0.495 e. The lowest BCUT2D eigenvalue weighted by atomic mass is 9.92. The van der Waals surface area contributed by atoms with Gasteiger partial charge in [-0.05, 0) is 72.4 Å². The van der Waals surface area contributed by atoms with Gasteiger partial charge in [-0.15, -0.1) is 0 Å². The number of methoxy groups -OCH3 is 1. The first kappa shape index (κ1) is 29.6. The molecule has 10 heteroatoms. The van der Waals surface area contributed by atoms with E-state index < -0.39 is 29.7 Å².